The molecule has 0 saturated carbocycles. The van der Waals surface area contributed by atoms with E-state index in [4.69, 9.17) is 16.3 Å². The number of amides is 1. The molecule has 19 heavy (non-hydrogen) atoms. The van der Waals surface area contributed by atoms with Crippen molar-refractivity contribution in [3.63, 3.8) is 0 Å². The molecule has 0 aromatic carbocycles. The van der Waals surface area contributed by atoms with Gasteiger partial charge in [0.15, 0.2) is 0 Å². The zero-order valence-corrected chi connectivity index (χ0v) is 12.5. The maximum absolute atomic E-state index is 11.9. The topological polar surface area (TPSA) is 51.2 Å². The zero-order chi connectivity index (χ0) is 14.3. The van der Waals surface area contributed by atoms with E-state index in [1.165, 1.54) is 0 Å². The van der Waals surface area contributed by atoms with Gasteiger partial charge in [0, 0.05) is 0 Å². The SMILES string of the molecule is CC(C)(C)OC(=O)NC1(C)CCc2ccc(Cl)nc21. The van der Waals surface area contributed by atoms with E-state index in [-0.39, 0.29) is 0 Å². The number of carbonyl (C=O) groups is 1. The highest BCUT2D eigenvalue weighted by Gasteiger charge is 2.38. The van der Waals surface area contributed by atoms with Gasteiger partial charge in [-0.25, -0.2) is 9.78 Å². The van der Waals surface area contributed by atoms with Gasteiger partial charge in [0.2, 0.25) is 0 Å². The predicted octanol–water partition coefficient (Wildman–Crippen LogP) is 3.42. The smallest absolute Gasteiger partial charge is 0.408 e. The molecule has 1 atom stereocenters. The molecule has 0 aliphatic heterocycles. The molecule has 1 aromatic rings. The molecule has 0 spiro atoms. The predicted molar refractivity (Wildman–Crippen MR) is 74.3 cm³/mol. The number of hydrogen-bond acceptors (Lipinski definition) is 3. The van der Waals surface area contributed by atoms with Crippen LogP contribution in [0.15, 0.2) is 12.1 Å². The number of rotatable bonds is 1. The second-order valence-electron chi connectivity index (χ2n) is 6.10. The van der Waals surface area contributed by atoms with Crippen molar-refractivity contribution in [3.8, 4) is 0 Å². The summed E-state index contributed by atoms with van der Waals surface area (Å²) >= 11 is 5.94. The largest absolute Gasteiger partial charge is 0.444 e. The Morgan fingerprint density at radius 3 is 2.79 bits per heavy atom. The Morgan fingerprint density at radius 2 is 2.16 bits per heavy atom. The normalized spacial score (nSPS) is 21.9. The number of aromatic nitrogens is 1. The number of pyridine rings is 1. The third-order valence-electron chi connectivity index (χ3n) is 3.14. The molecule has 1 aliphatic rings. The van der Waals surface area contributed by atoms with E-state index in [1.54, 1.807) is 6.07 Å². The van der Waals surface area contributed by atoms with Crippen molar-refractivity contribution in [2.75, 3.05) is 0 Å². The van der Waals surface area contributed by atoms with Gasteiger partial charge in [-0.3, -0.25) is 0 Å². The zero-order valence-electron chi connectivity index (χ0n) is 11.7. The van der Waals surface area contributed by atoms with Gasteiger partial charge in [0.1, 0.15) is 10.8 Å². The first-order valence-corrected chi connectivity index (χ1v) is 6.74. The van der Waals surface area contributed by atoms with Gasteiger partial charge >= 0.3 is 6.09 Å². The van der Waals surface area contributed by atoms with Gasteiger partial charge < -0.3 is 10.1 Å². The Bertz CT molecular complexity index is 511. The minimum atomic E-state index is -0.511. The van der Waals surface area contributed by atoms with E-state index in [9.17, 15) is 4.79 Å². The number of carbonyl (C=O) groups excluding carboxylic acids is 1. The second kappa shape index (κ2) is 4.67. The number of nitrogens with zero attached hydrogens (tertiary/aromatic N) is 1. The third-order valence-corrected chi connectivity index (χ3v) is 3.35. The summed E-state index contributed by atoms with van der Waals surface area (Å²) < 4.78 is 5.30. The van der Waals surface area contributed by atoms with Crippen molar-refractivity contribution in [1.29, 1.82) is 0 Å². The summed E-state index contributed by atoms with van der Waals surface area (Å²) in [6.45, 7) is 7.47. The van der Waals surface area contributed by atoms with Crippen LogP contribution in [0.3, 0.4) is 0 Å². The fourth-order valence-electron chi connectivity index (χ4n) is 2.30. The van der Waals surface area contributed by atoms with Gasteiger partial charge in [-0.05, 0) is 52.2 Å². The van der Waals surface area contributed by atoms with E-state index in [0.29, 0.717) is 5.15 Å². The minimum Gasteiger partial charge on any atom is -0.444 e. The molecule has 0 fully saturated rings. The number of ether oxygens (including phenoxy) is 1. The quantitative estimate of drug-likeness (QED) is 0.803. The van der Waals surface area contributed by atoms with Gasteiger partial charge in [0.25, 0.3) is 0 Å². The fraction of sp³-hybridized carbons (Fsp3) is 0.571. The highest BCUT2D eigenvalue weighted by molar-refractivity contribution is 6.29. The highest BCUT2D eigenvalue weighted by Crippen LogP contribution is 2.36. The lowest BCUT2D eigenvalue weighted by Crippen LogP contribution is -2.44. The molecule has 5 heteroatoms. The number of nitrogens with one attached hydrogen (secondary N) is 1. The summed E-state index contributed by atoms with van der Waals surface area (Å²) in [7, 11) is 0. The first kappa shape index (κ1) is 14.1. The van der Waals surface area contributed by atoms with E-state index < -0.39 is 17.2 Å². The van der Waals surface area contributed by atoms with Crippen LogP contribution in [0.25, 0.3) is 0 Å². The van der Waals surface area contributed by atoms with Gasteiger partial charge in [-0.1, -0.05) is 17.7 Å². The Labute approximate surface area is 118 Å². The number of alkyl carbamates (subject to hydrolysis) is 1. The minimum absolute atomic E-state index is 0.426. The Hall–Kier alpha value is -1.29. The molecule has 1 unspecified atom stereocenters. The first-order chi connectivity index (χ1) is 8.70. The van der Waals surface area contributed by atoms with E-state index in [1.807, 2.05) is 33.8 Å². The van der Waals surface area contributed by atoms with Gasteiger partial charge in [0.05, 0.1) is 11.2 Å². The van der Waals surface area contributed by atoms with Crippen molar-refractivity contribution in [1.82, 2.24) is 10.3 Å². The molecule has 1 aromatic heterocycles. The molecule has 2 rings (SSSR count). The number of halogens is 1. The number of fused-ring (bicyclic) bond motifs is 1. The van der Waals surface area contributed by atoms with E-state index in [0.717, 1.165) is 24.1 Å². The molecule has 0 bridgehead atoms. The van der Waals surface area contributed by atoms with E-state index in [2.05, 4.69) is 10.3 Å². The summed E-state index contributed by atoms with van der Waals surface area (Å²) in [4.78, 5) is 16.3. The summed E-state index contributed by atoms with van der Waals surface area (Å²) in [5.41, 5.74) is 0.945. The molecule has 0 radical (unpaired) electrons. The number of hydrogen-bond donors (Lipinski definition) is 1. The molecule has 1 amide bonds. The van der Waals surface area contributed by atoms with Crippen LogP contribution in [-0.2, 0) is 16.7 Å². The molecule has 4 nitrogen and oxygen atoms in total. The third kappa shape index (κ3) is 3.18. The lowest BCUT2D eigenvalue weighted by atomic mass is 9.99. The molecule has 104 valence electrons. The van der Waals surface area contributed by atoms with Crippen molar-refractivity contribution in [3.05, 3.63) is 28.5 Å². The van der Waals surface area contributed by atoms with Crippen molar-refractivity contribution >= 4 is 17.7 Å². The highest BCUT2D eigenvalue weighted by atomic mass is 35.5. The summed E-state index contributed by atoms with van der Waals surface area (Å²) in [5.74, 6) is 0. The first-order valence-electron chi connectivity index (χ1n) is 6.37. The second-order valence-corrected chi connectivity index (χ2v) is 6.49. The van der Waals surface area contributed by atoms with Crippen LogP contribution < -0.4 is 5.32 Å². The van der Waals surface area contributed by atoms with Crippen LogP contribution in [0.2, 0.25) is 5.15 Å². The average molecular weight is 283 g/mol. The molecule has 1 N–H and O–H groups in total. The molecular formula is C14H19ClN2O2. The molecule has 1 aliphatic carbocycles. The fourth-order valence-corrected chi connectivity index (χ4v) is 2.44. The maximum atomic E-state index is 11.9. The van der Waals surface area contributed by atoms with Crippen molar-refractivity contribution in [2.45, 2.75) is 51.7 Å². The summed E-state index contributed by atoms with van der Waals surface area (Å²) in [5, 5.41) is 3.36. The van der Waals surface area contributed by atoms with Crippen LogP contribution in [0.1, 0.15) is 45.4 Å². The number of aryl methyl sites for hydroxylation is 1. The van der Waals surface area contributed by atoms with Gasteiger partial charge in [-0.15, -0.1) is 0 Å². The average Bonchev–Trinajstić information content (AvgIpc) is 2.53. The van der Waals surface area contributed by atoms with Crippen LogP contribution in [0, 0.1) is 0 Å². The van der Waals surface area contributed by atoms with Crippen molar-refractivity contribution < 1.29 is 9.53 Å². The summed E-state index contributed by atoms with van der Waals surface area (Å²) in [6.07, 6.45) is 1.25. The lowest BCUT2D eigenvalue weighted by Gasteiger charge is -2.28. The Kier molecular flexibility index (Phi) is 3.47. The van der Waals surface area contributed by atoms with Gasteiger partial charge in [-0.2, -0.15) is 0 Å². The van der Waals surface area contributed by atoms with E-state index >= 15 is 0 Å². The van der Waals surface area contributed by atoms with Crippen LogP contribution >= 0.6 is 11.6 Å². The monoisotopic (exact) mass is 282 g/mol. The maximum Gasteiger partial charge on any atom is 0.408 e. The summed E-state index contributed by atoms with van der Waals surface area (Å²) in [6, 6.07) is 3.74. The van der Waals surface area contributed by atoms with Crippen LogP contribution in [-0.4, -0.2) is 16.7 Å². The molecule has 0 saturated heterocycles. The lowest BCUT2D eigenvalue weighted by molar-refractivity contribution is 0.0459. The Balaban J connectivity index is 2.18. The standard InChI is InChI=1S/C14H19ClN2O2/c1-13(2,3)19-12(18)17-14(4)8-7-9-5-6-10(15)16-11(9)14/h5-6H,7-8H2,1-4H3,(H,17,18). The van der Waals surface area contributed by atoms with Crippen LogP contribution in [0.4, 0.5) is 4.79 Å². The molecule has 1 heterocycles. The molecular weight excluding hydrogens is 264 g/mol. The van der Waals surface area contributed by atoms with Crippen molar-refractivity contribution in [2.24, 2.45) is 0 Å². The van der Waals surface area contributed by atoms with Crippen LogP contribution in [0.5, 0.6) is 0 Å². The Morgan fingerprint density at radius 1 is 1.47 bits per heavy atom.